The van der Waals surface area contributed by atoms with Gasteiger partial charge in [-0.15, -0.1) is 11.3 Å². The number of halogens is 1. The van der Waals surface area contributed by atoms with Gasteiger partial charge in [-0.2, -0.15) is 9.90 Å². The van der Waals surface area contributed by atoms with Crippen molar-refractivity contribution in [3.8, 4) is 0 Å². The van der Waals surface area contributed by atoms with Crippen LogP contribution in [0, 0.1) is 0 Å². The van der Waals surface area contributed by atoms with Crippen molar-refractivity contribution in [1.29, 1.82) is 0 Å². The summed E-state index contributed by atoms with van der Waals surface area (Å²) in [7, 11) is 0. The molecule has 0 aromatic carbocycles. The third kappa shape index (κ3) is 2.72. The van der Waals surface area contributed by atoms with E-state index in [1.807, 2.05) is 13.0 Å². The summed E-state index contributed by atoms with van der Waals surface area (Å²) in [6.07, 6.45) is 0.934. The fraction of sp³-hybridized carbons (Fsp3) is 0.364. The summed E-state index contributed by atoms with van der Waals surface area (Å²) >= 11 is 4.96. The number of rotatable bonds is 3. The molecule has 6 heteroatoms. The van der Waals surface area contributed by atoms with E-state index in [2.05, 4.69) is 27.8 Å². The van der Waals surface area contributed by atoms with Crippen molar-refractivity contribution in [2.45, 2.75) is 20.3 Å². The normalized spacial score (nSPS) is 10.3. The summed E-state index contributed by atoms with van der Waals surface area (Å²) in [5, 5.41) is 0. The van der Waals surface area contributed by atoms with E-state index >= 15 is 0 Å². The Hall–Kier alpha value is -0.380. The van der Waals surface area contributed by atoms with E-state index in [1.54, 1.807) is 0 Å². The Morgan fingerprint density at radius 1 is 1.53 bits per heavy atom. The molecule has 0 aliphatic heterocycles. The van der Waals surface area contributed by atoms with Gasteiger partial charge in [0.25, 0.3) is 0 Å². The first-order valence-corrected chi connectivity index (χ1v) is 6.75. The number of hydrogen-bond donors (Lipinski definition) is 1. The van der Waals surface area contributed by atoms with Gasteiger partial charge in [0, 0.05) is 5.56 Å². The molecular weight excluding hydrogens is 321 g/mol. The maximum atomic E-state index is 11.6. The fourth-order valence-electron chi connectivity index (χ4n) is 1.62. The molecule has 0 bridgehead atoms. The van der Waals surface area contributed by atoms with Crippen molar-refractivity contribution in [3.63, 3.8) is 0 Å². The second-order valence-electron chi connectivity index (χ2n) is 3.35. The lowest BCUT2D eigenvalue weighted by atomic mass is 10.2. The highest BCUT2D eigenvalue weighted by atomic mass is 79.9. The van der Waals surface area contributed by atoms with Crippen LogP contribution in [0.25, 0.3) is 10.2 Å². The number of hydrogen-bond acceptors (Lipinski definition) is 3. The molecule has 94 valence electrons. The summed E-state index contributed by atoms with van der Waals surface area (Å²) in [6, 6.07) is 1.85. The highest BCUT2D eigenvalue weighted by Gasteiger charge is 2.16. The third-order valence-corrected chi connectivity index (χ3v) is 4.20. The van der Waals surface area contributed by atoms with Gasteiger partial charge in [-0.05, 0) is 35.3 Å². The first-order chi connectivity index (χ1) is 7.67. The Morgan fingerprint density at radius 2 is 2.24 bits per heavy atom. The van der Waals surface area contributed by atoms with E-state index in [0.717, 1.165) is 21.2 Å². The molecule has 0 saturated heterocycles. The van der Waals surface area contributed by atoms with Gasteiger partial charge in [0.15, 0.2) is 0 Å². The lowest BCUT2D eigenvalue weighted by molar-refractivity contribution is 0.0532. The Balaban J connectivity index is 0.00000144. The van der Waals surface area contributed by atoms with E-state index in [-0.39, 0.29) is 15.9 Å². The van der Waals surface area contributed by atoms with Crippen LogP contribution in [0.2, 0.25) is 0 Å². The molecule has 2 heterocycles. The number of fused-ring (bicyclic) bond motifs is 1. The fourth-order valence-corrected chi connectivity index (χ4v) is 3.57. The number of esters is 1. The predicted octanol–water partition coefficient (Wildman–Crippen LogP) is 3.79. The molecular formula is C11H15BrNO2PS. The van der Waals surface area contributed by atoms with Crippen molar-refractivity contribution < 1.29 is 9.53 Å². The summed E-state index contributed by atoms with van der Waals surface area (Å²) in [6.45, 7) is 4.32. The van der Waals surface area contributed by atoms with Gasteiger partial charge in [-0.25, -0.2) is 4.79 Å². The second kappa shape index (κ2) is 5.98. The van der Waals surface area contributed by atoms with E-state index in [9.17, 15) is 4.79 Å². The molecule has 1 N–H and O–H groups in total. The number of H-pyrrole nitrogens is 1. The predicted molar refractivity (Wildman–Crippen MR) is 80.3 cm³/mol. The molecule has 2 rings (SSSR count). The summed E-state index contributed by atoms with van der Waals surface area (Å²) in [4.78, 5) is 15.4. The minimum atomic E-state index is -0.240. The maximum absolute atomic E-state index is 11.6. The zero-order valence-corrected chi connectivity index (χ0v) is 13.6. The Morgan fingerprint density at radius 3 is 2.82 bits per heavy atom. The zero-order chi connectivity index (χ0) is 11.7. The smallest absolute Gasteiger partial charge is 0.348 e. The molecule has 0 spiro atoms. The van der Waals surface area contributed by atoms with Crippen molar-refractivity contribution in [1.82, 2.24) is 4.98 Å². The van der Waals surface area contributed by atoms with Crippen molar-refractivity contribution in [2.24, 2.45) is 0 Å². The number of aromatic nitrogens is 1. The van der Waals surface area contributed by atoms with Crippen LogP contribution >= 0.6 is 37.2 Å². The average Bonchev–Trinajstić information content (AvgIpc) is 2.74. The quantitative estimate of drug-likeness (QED) is 0.684. The van der Waals surface area contributed by atoms with Crippen LogP contribution in [-0.2, 0) is 11.2 Å². The highest BCUT2D eigenvalue weighted by Crippen LogP contribution is 2.34. The molecule has 2 aromatic rings. The van der Waals surface area contributed by atoms with Gasteiger partial charge in [0.2, 0.25) is 0 Å². The largest absolute Gasteiger partial charge is 0.462 e. The van der Waals surface area contributed by atoms with Crippen LogP contribution in [0.5, 0.6) is 0 Å². The molecule has 0 amide bonds. The van der Waals surface area contributed by atoms with Gasteiger partial charge >= 0.3 is 5.97 Å². The van der Waals surface area contributed by atoms with E-state index in [1.165, 1.54) is 16.9 Å². The average molecular weight is 336 g/mol. The van der Waals surface area contributed by atoms with Crippen LogP contribution in [0.3, 0.4) is 0 Å². The van der Waals surface area contributed by atoms with E-state index in [4.69, 9.17) is 4.74 Å². The SMILES string of the molecule is CCOC(=O)c1cc2[nH]c(Br)c(CC)c2s1.P. The van der Waals surface area contributed by atoms with Gasteiger partial charge < -0.3 is 9.72 Å². The molecule has 3 nitrogen and oxygen atoms in total. The Bertz CT molecular complexity index is 535. The molecule has 1 unspecified atom stereocenters. The number of carbonyl (C=O) groups is 1. The maximum Gasteiger partial charge on any atom is 0.348 e. The molecule has 0 fully saturated rings. The first-order valence-electron chi connectivity index (χ1n) is 5.14. The zero-order valence-electron chi connectivity index (χ0n) is 9.80. The number of aryl methyl sites for hydroxylation is 1. The van der Waals surface area contributed by atoms with Gasteiger partial charge in [0.1, 0.15) is 4.88 Å². The van der Waals surface area contributed by atoms with Gasteiger partial charge in [-0.1, -0.05) is 6.92 Å². The topological polar surface area (TPSA) is 42.1 Å². The first kappa shape index (κ1) is 14.7. The van der Waals surface area contributed by atoms with Crippen molar-refractivity contribution in [2.75, 3.05) is 6.61 Å². The molecule has 0 saturated carbocycles. The number of thiophene rings is 1. The van der Waals surface area contributed by atoms with Crippen molar-refractivity contribution >= 4 is 53.4 Å². The number of nitrogens with one attached hydrogen (secondary N) is 1. The standard InChI is InChI=1S/C11H12BrNO2S.H3P/c1-3-6-9-7(13-10(6)12)5-8(16-9)11(14)15-4-2;/h5,13H,3-4H2,1-2H3;1H3. The van der Waals surface area contributed by atoms with Gasteiger partial charge in [-0.3, -0.25) is 0 Å². The van der Waals surface area contributed by atoms with Crippen LogP contribution in [-0.4, -0.2) is 17.6 Å². The number of carbonyl (C=O) groups excluding carboxylic acids is 1. The minimum absolute atomic E-state index is 0. The summed E-state index contributed by atoms with van der Waals surface area (Å²) in [5.74, 6) is -0.240. The number of aromatic amines is 1. The summed E-state index contributed by atoms with van der Waals surface area (Å²) < 4.78 is 7.12. The molecule has 0 aliphatic rings. The molecule has 0 radical (unpaired) electrons. The lowest BCUT2D eigenvalue weighted by Gasteiger charge is -1.97. The molecule has 2 aromatic heterocycles. The molecule has 17 heavy (non-hydrogen) atoms. The Labute approximate surface area is 116 Å². The Kier molecular flexibility index (Phi) is 5.17. The molecule has 0 aliphatic carbocycles. The molecule has 1 atom stereocenters. The van der Waals surface area contributed by atoms with Crippen LogP contribution in [0.15, 0.2) is 10.7 Å². The lowest BCUT2D eigenvalue weighted by Crippen LogP contribution is -2.01. The summed E-state index contributed by atoms with van der Waals surface area (Å²) in [5.41, 5.74) is 2.22. The monoisotopic (exact) mass is 335 g/mol. The highest BCUT2D eigenvalue weighted by molar-refractivity contribution is 9.10. The third-order valence-electron chi connectivity index (χ3n) is 2.35. The number of ether oxygens (including phenoxy) is 1. The van der Waals surface area contributed by atoms with Crippen LogP contribution in [0.4, 0.5) is 0 Å². The van der Waals surface area contributed by atoms with E-state index in [0.29, 0.717) is 11.5 Å². The second-order valence-corrected chi connectivity index (χ2v) is 5.19. The minimum Gasteiger partial charge on any atom is -0.462 e. The van der Waals surface area contributed by atoms with Crippen molar-refractivity contribution in [3.05, 3.63) is 21.1 Å². The van der Waals surface area contributed by atoms with Crippen LogP contribution in [0.1, 0.15) is 29.1 Å². The van der Waals surface area contributed by atoms with Crippen LogP contribution < -0.4 is 0 Å². The van der Waals surface area contributed by atoms with E-state index < -0.39 is 0 Å². The van der Waals surface area contributed by atoms with Gasteiger partial charge in [0.05, 0.1) is 21.4 Å².